The lowest BCUT2D eigenvalue weighted by molar-refractivity contribution is -0.191. The van der Waals surface area contributed by atoms with Gasteiger partial charge in [0, 0.05) is 24.2 Å². The fourth-order valence-corrected chi connectivity index (χ4v) is 7.53. The van der Waals surface area contributed by atoms with Gasteiger partial charge < -0.3 is 20.3 Å². The Morgan fingerprint density at radius 2 is 2.03 bits per heavy atom. The van der Waals surface area contributed by atoms with E-state index in [4.69, 9.17) is 4.74 Å². The van der Waals surface area contributed by atoms with E-state index in [2.05, 4.69) is 23.2 Å². The van der Waals surface area contributed by atoms with E-state index < -0.39 is 11.0 Å². The molecule has 0 unspecified atom stereocenters. The highest BCUT2D eigenvalue weighted by Crippen LogP contribution is 2.65. The molecule has 2 heterocycles. The van der Waals surface area contributed by atoms with Gasteiger partial charge in [0.05, 0.1) is 11.0 Å². The number of likely N-dealkylation sites (tertiary alicyclic amines) is 1. The summed E-state index contributed by atoms with van der Waals surface area (Å²) < 4.78 is 6.60. The highest BCUT2D eigenvalue weighted by atomic mass is 16.5. The van der Waals surface area contributed by atoms with Gasteiger partial charge in [0.2, 0.25) is 0 Å². The number of hydrogen-bond donors (Lipinski definition) is 3. The largest absolute Gasteiger partial charge is 0.504 e. The molecule has 0 aromatic heterocycles. The highest BCUT2D eigenvalue weighted by Gasteiger charge is 2.72. The Bertz CT molecular complexity index is 855. The third kappa shape index (κ3) is 2.85. The molecule has 170 valence electrons. The molecule has 1 saturated heterocycles. The molecule has 3 fully saturated rings. The Hall–Kier alpha value is -1.30. The summed E-state index contributed by atoms with van der Waals surface area (Å²) in [5, 5.41) is 26.9. The quantitative estimate of drug-likeness (QED) is 0.556. The van der Waals surface area contributed by atoms with E-state index in [0.29, 0.717) is 5.75 Å². The average Bonchev–Trinajstić information content (AvgIpc) is 3.50. The maximum atomic E-state index is 12.4. The minimum Gasteiger partial charge on any atom is -0.504 e. The predicted octanol–water partition coefficient (Wildman–Crippen LogP) is 3.49. The van der Waals surface area contributed by atoms with E-state index in [9.17, 15) is 10.2 Å². The van der Waals surface area contributed by atoms with Crippen molar-refractivity contribution in [2.75, 3.05) is 19.6 Å². The van der Waals surface area contributed by atoms with Crippen molar-refractivity contribution in [2.24, 2.45) is 5.92 Å². The van der Waals surface area contributed by atoms with Crippen LogP contribution in [0.3, 0.4) is 0 Å². The molecule has 6 rings (SSSR count). The summed E-state index contributed by atoms with van der Waals surface area (Å²) in [5.41, 5.74) is 1.27. The van der Waals surface area contributed by atoms with Crippen LogP contribution in [0.15, 0.2) is 12.1 Å². The molecule has 5 atom stereocenters. The van der Waals surface area contributed by atoms with Gasteiger partial charge in [0.25, 0.3) is 0 Å². The number of hydrogen-bond acceptors (Lipinski definition) is 5. The molecule has 0 radical (unpaired) electrons. The third-order valence-electron chi connectivity index (χ3n) is 9.20. The molecule has 1 aromatic rings. The first-order chi connectivity index (χ1) is 15.1. The zero-order valence-corrected chi connectivity index (χ0v) is 18.9. The van der Waals surface area contributed by atoms with Crippen LogP contribution >= 0.6 is 0 Å². The second-order valence-electron chi connectivity index (χ2n) is 11.0. The minimum absolute atomic E-state index is 0.0923. The number of aliphatic hydroxyl groups is 1. The maximum Gasteiger partial charge on any atom is 0.165 e. The third-order valence-corrected chi connectivity index (χ3v) is 9.20. The lowest BCUT2D eigenvalue weighted by atomic mass is 9.48. The molecule has 2 saturated carbocycles. The Balaban J connectivity index is 1.35. The van der Waals surface area contributed by atoms with Crippen LogP contribution in [0.2, 0.25) is 0 Å². The zero-order valence-electron chi connectivity index (χ0n) is 18.9. The van der Waals surface area contributed by atoms with Gasteiger partial charge in [-0.25, -0.2) is 0 Å². The number of phenolic OH excluding ortho intramolecular Hbond substituents is 1. The standard InChI is InChI=1S/C26H38N2O3/c1-2-3-4-5-13-27-19-10-11-26(30)21-15-18-8-9-20(29)23-22(18)25(26,24(19)31-23)12-14-28(21)16-17-6-7-17/h8-9,17,19,21,24,27,29-30H,2-7,10-16H2,1H3/t19-,21-,24+,25+,26-/m1/s1. The maximum absolute atomic E-state index is 12.4. The second-order valence-corrected chi connectivity index (χ2v) is 11.0. The topological polar surface area (TPSA) is 65.0 Å². The number of nitrogens with zero attached hydrogens (tertiary/aromatic N) is 1. The monoisotopic (exact) mass is 426 g/mol. The van der Waals surface area contributed by atoms with Crippen LogP contribution in [-0.2, 0) is 11.8 Å². The van der Waals surface area contributed by atoms with Crippen molar-refractivity contribution in [1.29, 1.82) is 0 Å². The average molecular weight is 427 g/mol. The Morgan fingerprint density at radius 3 is 2.84 bits per heavy atom. The minimum atomic E-state index is -0.767. The number of unbranched alkanes of at least 4 members (excludes halogenated alkanes) is 3. The number of benzene rings is 1. The number of rotatable bonds is 8. The molecule has 31 heavy (non-hydrogen) atoms. The number of ether oxygens (including phenoxy) is 1. The van der Waals surface area contributed by atoms with Gasteiger partial charge >= 0.3 is 0 Å². The SMILES string of the molecule is CCCCCCN[C@@H]1CC[C@@]2(O)[C@H]3Cc4ccc(O)c5c4[C@@]2(CCN3CC2CC2)[C@H]1O5. The van der Waals surface area contributed by atoms with Crippen molar-refractivity contribution in [3.8, 4) is 11.5 Å². The van der Waals surface area contributed by atoms with Crippen LogP contribution in [0.1, 0.15) is 75.8 Å². The molecule has 5 heteroatoms. The number of phenols is 1. The highest BCUT2D eigenvalue weighted by molar-refractivity contribution is 5.62. The fourth-order valence-electron chi connectivity index (χ4n) is 7.53. The summed E-state index contributed by atoms with van der Waals surface area (Å²) in [7, 11) is 0. The first-order valence-corrected chi connectivity index (χ1v) is 12.8. The van der Waals surface area contributed by atoms with Crippen LogP contribution < -0.4 is 10.1 Å². The normalized spacial score (nSPS) is 38.1. The first kappa shape index (κ1) is 20.3. The van der Waals surface area contributed by atoms with E-state index in [1.807, 2.05) is 0 Å². The van der Waals surface area contributed by atoms with Crippen molar-refractivity contribution in [3.63, 3.8) is 0 Å². The van der Waals surface area contributed by atoms with Gasteiger partial charge in [-0.3, -0.25) is 4.90 Å². The van der Waals surface area contributed by atoms with E-state index in [0.717, 1.165) is 56.8 Å². The Labute approximate surface area is 186 Å². The summed E-state index contributed by atoms with van der Waals surface area (Å²) in [4.78, 5) is 2.60. The van der Waals surface area contributed by atoms with Crippen LogP contribution in [-0.4, -0.2) is 58.5 Å². The van der Waals surface area contributed by atoms with Gasteiger partial charge in [-0.1, -0.05) is 32.3 Å². The van der Waals surface area contributed by atoms with Crippen molar-refractivity contribution in [3.05, 3.63) is 23.3 Å². The molecule has 5 nitrogen and oxygen atoms in total. The summed E-state index contributed by atoms with van der Waals surface area (Å²) in [6.45, 7) is 5.41. The van der Waals surface area contributed by atoms with Crippen molar-refractivity contribution < 1.29 is 14.9 Å². The van der Waals surface area contributed by atoms with E-state index >= 15 is 0 Å². The summed E-state index contributed by atoms with van der Waals surface area (Å²) in [5.74, 6) is 1.73. The molecule has 5 aliphatic rings. The molecule has 0 amide bonds. The molecule has 2 bridgehead atoms. The molecule has 3 aliphatic carbocycles. The number of piperidine rings is 1. The molecule has 1 spiro atoms. The van der Waals surface area contributed by atoms with E-state index in [-0.39, 0.29) is 23.9 Å². The second kappa shape index (κ2) is 7.36. The summed E-state index contributed by atoms with van der Waals surface area (Å²) in [6.07, 6.45) is 11.1. The van der Waals surface area contributed by atoms with E-state index in [1.54, 1.807) is 6.07 Å². The van der Waals surface area contributed by atoms with Crippen molar-refractivity contribution >= 4 is 0 Å². The van der Waals surface area contributed by atoms with Crippen LogP contribution in [0, 0.1) is 5.92 Å². The van der Waals surface area contributed by atoms with Crippen LogP contribution in [0.25, 0.3) is 0 Å². The Morgan fingerprint density at radius 1 is 1.16 bits per heavy atom. The lowest BCUT2D eigenvalue weighted by Gasteiger charge is -2.64. The summed E-state index contributed by atoms with van der Waals surface area (Å²) >= 11 is 0. The smallest absolute Gasteiger partial charge is 0.165 e. The van der Waals surface area contributed by atoms with Crippen molar-refractivity contribution in [2.45, 2.75) is 100 Å². The van der Waals surface area contributed by atoms with Crippen LogP contribution in [0.4, 0.5) is 0 Å². The van der Waals surface area contributed by atoms with Gasteiger partial charge in [0.15, 0.2) is 11.5 Å². The number of nitrogens with one attached hydrogen (secondary N) is 1. The van der Waals surface area contributed by atoms with Gasteiger partial charge in [-0.15, -0.1) is 0 Å². The molecule has 2 aliphatic heterocycles. The predicted molar refractivity (Wildman–Crippen MR) is 121 cm³/mol. The van der Waals surface area contributed by atoms with Gasteiger partial charge in [-0.2, -0.15) is 0 Å². The fraction of sp³-hybridized carbons (Fsp3) is 0.769. The Kier molecular flexibility index (Phi) is 4.82. The first-order valence-electron chi connectivity index (χ1n) is 12.8. The molecule has 1 aromatic carbocycles. The zero-order chi connectivity index (χ0) is 21.2. The lowest BCUT2D eigenvalue weighted by Crippen LogP contribution is -2.78. The number of aromatic hydroxyl groups is 1. The van der Waals surface area contributed by atoms with Crippen molar-refractivity contribution in [1.82, 2.24) is 10.2 Å². The van der Waals surface area contributed by atoms with Crippen LogP contribution in [0.5, 0.6) is 11.5 Å². The summed E-state index contributed by atoms with van der Waals surface area (Å²) in [6, 6.07) is 4.30. The molecular weight excluding hydrogens is 388 g/mol. The molecular formula is C26H38N2O3. The van der Waals surface area contributed by atoms with Gasteiger partial charge in [-0.05, 0) is 75.6 Å². The van der Waals surface area contributed by atoms with E-state index in [1.165, 1.54) is 44.1 Å². The molecule has 3 N–H and O–H groups in total. The van der Waals surface area contributed by atoms with Gasteiger partial charge in [0.1, 0.15) is 6.10 Å².